The Bertz CT molecular complexity index is 750. The zero-order valence-corrected chi connectivity index (χ0v) is 16.5. The van der Waals surface area contributed by atoms with Gasteiger partial charge in [0, 0.05) is 14.4 Å². The summed E-state index contributed by atoms with van der Waals surface area (Å²) in [6, 6.07) is 14.7. The molecule has 1 saturated heterocycles. The second-order valence-electron chi connectivity index (χ2n) is 7.32. The van der Waals surface area contributed by atoms with Gasteiger partial charge in [-0.15, -0.1) is 13.2 Å². The van der Waals surface area contributed by atoms with Gasteiger partial charge in [-0.1, -0.05) is 55.7 Å². The first kappa shape index (κ1) is 19.9. The highest BCUT2D eigenvalue weighted by molar-refractivity contribution is 6.59. The number of hydrogen-bond donors (Lipinski definition) is 0. The van der Waals surface area contributed by atoms with Crippen molar-refractivity contribution in [1.82, 2.24) is 0 Å². The number of halogens is 4. The number of rotatable bonds is 5. The largest absolute Gasteiger partial charge is 0.573 e. The summed E-state index contributed by atoms with van der Waals surface area (Å²) in [5.41, 5.74) is 1.97. The predicted molar refractivity (Wildman–Crippen MR) is 102 cm³/mol. The zero-order chi connectivity index (χ0) is 19.4. The second-order valence-corrected chi connectivity index (χ2v) is 10.8. The molecule has 0 aliphatic carbocycles. The molecule has 27 heavy (non-hydrogen) atoms. The van der Waals surface area contributed by atoms with Crippen molar-refractivity contribution >= 4 is 8.80 Å². The van der Waals surface area contributed by atoms with Crippen molar-refractivity contribution in [3.63, 3.8) is 0 Å². The molecule has 1 fully saturated rings. The Kier molecular flexibility index (Phi) is 6.24. The van der Waals surface area contributed by atoms with Gasteiger partial charge in [-0.3, -0.25) is 0 Å². The summed E-state index contributed by atoms with van der Waals surface area (Å²) in [4.78, 5) is 0. The second kappa shape index (κ2) is 8.46. The van der Waals surface area contributed by atoms with Crippen LogP contribution < -0.4 is 4.74 Å². The van der Waals surface area contributed by atoms with E-state index in [-0.39, 0.29) is 11.6 Å². The lowest BCUT2D eigenvalue weighted by Gasteiger charge is -2.28. The topological polar surface area (TPSA) is 9.23 Å². The van der Waals surface area contributed by atoms with Gasteiger partial charge in [-0.2, -0.15) is 0 Å². The van der Waals surface area contributed by atoms with E-state index in [2.05, 4.69) is 11.7 Å². The van der Waals surface area contributed by atoms with Gasteiger partial charge >= 0.3 is 6.36 Å². The molecule has 0 spiro atoms. The molecule has 1 aliphatic rings. The molecule has 0 unspecified atom stereocenters. The van der Waals surface area contributed by atoms with Gasteiger partial charge in [0.05, 0.1) is 0 Å². The average molecular weight is 397 g/mol. The Labute approximate surface area is 159 Å². The van der Waals surface area contributed by atoms with Crippen molar-refractivity contribution in [2.24, 2.45) is 0 Å². The normalized spacial score (nSPS) is 20.5. The van der Waals surface area contributed by atoms with Crippen molar-refractivity contribution in [2.45, 2.75) is 56.6 Å². The molecule has 0 radical (unpaired) electrons. The third-order valence-electron chi connectivity index (χ3n) is 5.41. The van der Waals surface area contributed by atoms with Crippen LogP contribution in [0.2, 0.25) is 18.1 Å². The molecule has 1 nitrogen and oxygen atoms in total. The van der Waals surface area contributed by atoms with Gasteiger partial charge in [0.15, 0.2) is 0 Å². The molecule has 0 saturated carbocycles. The Morgan fingerprint density at radius 3 is 2.26 bits per heavy atom. The first-order chi connectivity index (χ1) is 12.9. The first-order valence-electron chi connectivity index (χ1n) is 9.51. The van der Waals surface area contributed by atoms with Gasteiger partial charge in [-0.25, -0.2) is 4.39 Å². The van der Waals surface area contributed by atoms with E-state index in [9.17, 15) is 17.6 Å². The van der Waals surface area contributed by atoms with E-state index < -0.39 is 15.2 Å². The molecule has 0 N–H and O–H groups in total. The highest BCUT2D eigenvalue weighted by Gasteiger charge is 2.31. The third-order valence-corrected chi connectivity index (χ3v) is 9.10. The zero-order valence-electron chi connectivity index (χ0n) is 15.4. The lowest BCUT2D eigenvalue weighted by Crippen LogP contribution is -2.20. The minimum Gasteiger partial charge on any atom is -0.406 e. The van der Waals surface area contributed by atoms with Crippen molar-refractivity contribution in [3.8, 4) is 16.9 Å². The lowest BCUT2D eigenvalue weighted by molar-refractivity contribution is -0.274. The van der Waals surface area contributed by atoms with Gasteiger partial charge in [0.1, 0.15) is 11.6 Å². The van der Waals surface area contributed by atoms with Crippen LogP contribution in [0.25, 0.3) is 11.1 Å². The molecule has 0 aromatic heterocycles. The molecule has 0 bridgehead atoms. The molecule has 1 aliphatic heterocycles. The highest BCUT2D eigenvalue weighted by atomic mass is 28.3. The van der Waals surface area contributed by atoms with E-state index in [0.29, 0.717) is 17.0 Å². The minimum atomic E-state index is -4.73. The average Bonchev–Trinajstić information content (AvgIpc) is 2.62. The maximum Gasteiger partial charge on any atom is 0.573 e. The number of ether oxygens (including phenoxy) is 1. The van der Waals surface area contributed by atoms with E-state index in [0.717, 1.165) is 18.4 Å². The van der Waals surface area contributed by atoms with Crippen molar-refractivity contribution in [1.29, 1.82) is 0 Å². The summed E-state index contributed by atoms with van der Waals surface area (Å²) in [5, 5.41) is 0. The predicted octanol–water partition coefficient (Wildman–Crippen LogP) is 6.91. The van der Waals surface area contributed by atoms with E-state index in [1.165, 1.54) is 48.8 Å². The quantitative estimate of drug-likeness (QED) is 0.394. The van der Waals surface area contributed by atoms with E-state index in [4.69, 9.17) is 0 Å². The van der Waals surface area contributed by atoms with Crippen LogP contribution >= 0.6 is 0 Å². The molecule has 0 atom stereocenters. The summed E-state index contributed by atoms with van der Waals surface area (Å²) in [6.07, 6.45) is -1.15. The molecule has 146 valence electrons. The third kappa shape index (κ3) is 5.34. The van der Waals surface area contributed by atoms with Crippen LogP contribution in [0.3, 0.4) is 0 Å². The van der Waals surface area contributed by atoms with E-state index in [1.54, 1.807) is 12.1 Å². The molecule has 3 rings (SSSR count). The molecule has 1 heterocycles. The van der Waals surface area contributed by atoms with Crippen LogP contribution in [-0.2, 0) is 0 Å². The molecule has 0 amide bonds. The fourth-order valence-electron chi connectivity index (χ4n) is 4.05. The Morgan fingerprint density at radius 1 is 1.04 bits per heavy atom. The number of hydrogen-bond acceptors (Lipinski definition) is 1. The Balaban J connectivity index is 1.70. The summed E-state index contributed by atoms with van der Waals surface area (Å²) in [6.45, 7) is 2.25. The molecular formula is C21H24F4OSi. The fourth-order valence-corrected chi connectivity index (χ4v) is 7.48. The van der Waals surface area contributed by atoms with Crippen molar-refractivity contribution in [2.75, 3.05) is 0 Å². The van der Waals surface area contributed by atoms with Gasteiger partial charge in [0.2, 0.25) is 0 Å². The summed E-state index contributed by atoms with van der Waals surface area (Å²) in [5.74, 6) is -0.210. The number of alkyl halides is 3. The summed E-state index contributed by atoms with van der Waals surface area (Å²) in [7, 11) is -0.566. The van der Waals surface area contributed by atoms with Crippen molar-refractivity contribution in [3.05, 3.63) is 53.8 Å². The maximum atomic E-state index is 14.7. The van der Waals surface area contributed by atoms with Crippen LogP contribution in [0.5, 0.6) is 5.75 Å². The van der Waals surface area contributed by atoms with E-state index >= 15 is 0 Å². The lowest BCUT2D eigenvalue weighted by atomic mass is 9.91. The van der Waals surface area contributed by atoms with Crippen LogP contribution in [0.4, 0.5) is 17.6 Å². The van der Waals surface area contributed by atoms with Crippen LogP contribution in [0, 0.1) is 5.82 Å². The summed E-state index contributed by atoms with van der Waals surface area (Å²) < 4.78 is 55.2. The van der Waals surface area contributed by atoms with Crippen LogP contribution in [0.15, 0.2) is 42.5 Å². The minimum absolute atomic E-state index is 0.309. The Hall–Kier alpha value is -1.82. The van der Waals surface area contributed by atoms with Gasteiger partial charge in [-0.05, 0) is 48.1 Å². The van der Waals surface area contributed by atoms with Crippen LogP contribution in [-0.4, -0.2) is 15.2 Å². The molecule has 6 heteroatoms. The first-order valence-corrected chi connectivity index (χ1v) is 12.0. The fraction of sp³-hybridized carbons (Fsp3) is 0.429. The standard InChI is InChI=1S/C21H24F4OSi/c1-2-11-27-12-9-15(10-13-27)17-5-8-19(20(22)14-17)16-3-6-18(7-4-16)26-21(23,24)25/h3-8,14-15,27H,2,9-13H2,1H3/t15-,27-. The monoisotopic (exact) mass is 396 g/mol. The van der Waals surface area contributed by atoms with Crippen LogP contribution in [0.1, 0.15) is 37.7 Å². The smallest absolute Gasteiger partial charge is 0.406 e. The van der Waals surface area contributed by atoms with Gasteiger partial charge < -0.3 is 4.74 Å². The SMILES string of the molecule is CCC[Si@H]1CC[C@H](c2ccc(-c3ccc(OC(F)(F)F)cc3)c(F)c2)CC1. The number of benzene rings is 2. The molecule has 2 aromatic carbocycles. The maximum absolute atomic E-state index is 14.7. The molecular weight excluding hydrogens is 372 g/mol. The van der Waals surface area contributed by atoms with E-state index in [1.807, 2.05) is 6.07 Å². The Morgan fingerprint density at radius 2 is 1.70 bits per heavy atom. The van der Waals surface area contributed by atoms with Gasteiger partial charge in [0.25, 0.3) is 0 Å². The molecule has 2 aromatic rings. The van der Waals surface area contributed by atoms with Crippen molar-refractivity contribution < 1.29 is 22.3 Å². The highest BCUT2D eigenvalue weighted by Crippen LogP contribution is 2.37. The summed E-state index contributed by atoms with van der Waals surface area (Å²) >= 11 is 0.